The highest BCUT2D eigenvalue weighted by molar-refractivity contribution is 5.88. The van der Waals surface area contributed by atoms with Gasteiger partial charge in [-0.05, 0) is 43.3 Å². The lowest BCUT2D eigenvalue weighted by atomic mass is 10.1. The number of carbonyl (C=O) groups excluding carboxylic acids is 2. The topological polar surface area (TPSA) is 132 Å². The third-order valence-electron chi connectivity index (χ3n) is 5.30. The largest absolute Gasteiger partial charge is 0.467 e. The molecular formula is C25H23N5O5. The molecule has 2 aromatic carbocycles. The maximum absolute atomic E-state index is 12.8. The van der Waals surface area contributed by atoms with Crippen LogP contribution < -0.4 is 10.6 Å². The summed E-state index contributed by atoms with van der Waals surface area (Å²) in [6.07, 6.45) is 3.23. The first-order valence-electron chi connectivity index (χ1n) is 10.9. The number of nitro benzene ring substituents is 1. The van der Waals surface area contributed by atoms with Crippen molar-refractivity contribution in [2.75, 3.05) is 0 Å². The molecule has 0 aliphatic carbocycles. The Balaban J connectivity index is 1.51. The van der Waals surface area contributed by atoms with Crippen molar-refractivity contribution in [3.63, 3.8) is 0 Å². The number of hydrogen-bond acceptors (Lipinski definition) is 6. The highest BCUT2D eigenvalue weighted by Crippen LogP contribution is 2.26. The average molecular weight is 473 g/mol. The Morgan fingerprint density at radius 1 is 1.09 bits per heavy atom. The minimum Gasteiger partial charge on any atom is -0.467 e. The first-order valence-corrected chi connectivity index (χ1v) is 10.9. The number of rotatable bonds is 9. The average Bonchev–Trinajstić information content (AvgIpc) is 3.53. The first kappa shape index (κ1) is 23.4. The zero-order chi connectivity index (χ0) is 24.8. The fourth-order valence-electron chi connectivity index (χ4n) is 3.51. The van der Waals surface area contributed by atoms with Crippen LogP contribution in [-0.4, -0.2) is 32.6 Å². The molecule has 0 saturated carbocycles. The lowest BCUT2D eigenvalue weighted by molar-refractivity contribution is -0.384. The van der Waals surface area contributed by atoms with Gasteiger partial charge >= 0.3 is 0 Å². The maximum Gasteiger partial charge on any atom is 0.269 e. The zero-order valence-electron chi connectivity index (χ0n) is 18.9. The summed E-state index contributed by atoms with van der Waals surface area (Å²) >= 11 is 0. The molecule has 4 rings (SSSR count). The number of nitrogens with zero attached hydrogens (tertiary/aromatic N) is 3. The maximum atomic E-state index is 12.8. The molecule has 0 aliphatic heterocycles. The molecule has 35 heavy (non-hydrogen) atoms. The molecule has 0 bridgehead atoms. The molecule has 0 aliphatic rings. The standard InChI is InChI=1S/C25H23N5O5/c1-17(25(32)26-15-22-8-5-13-35-22)27-23(31)14-19-16-29(20-6-3-2-4-7-20)28-24(19)18-9-11-21(12-10-18)30(33)34/h2-13,16-17H,14-15H2,1H3,(H,26,32)(H,27,31). The Bertz CT molecular complexity index is 1310. The number of benzene rings is 2. The highest BCUT2D eigenvalue weighted by Gasteiger charge is 2.20. The molecule has 1 unspecified atom stereocenters. The number of nitro groups is 1. The molecule has 10 heteroatoms. The number of aromatic nitrogens is 2. The molecule has 1 atom stereocenters. The lowest BCUT2D eigenvalue weighted by Crippen LogP contribution is -2.45. The van der Waals surface area contributed by atoms with E-state index < -0.39 is 11.0 Å². The van der Waals surface area contributed by atoms with Crippen molar-refractivity contribution in [1.82, 2.24) is 20.4 Å². The zero-order valence-corrected chi connectivity index (χ0v) is 18.9. The van der Waals surface area contributed by atoms with Gasteiger partial charge in [0.25, 0.3) is 5.69 Å². The van der Waals surface area contributed by atoms with Gasteiger partial charge in [-0.1, -0.05) is 18.2 Å². The van der Waals surface area contributed by atoms with Gasteiger partial charge in [0.1, 0.15) is 11.8 Å². The van der Waals surface area contributed by atoms with Gasteiger partial charge in [0.15, 0.2) is 0 Å². The van der Waals surface area contributed by atoms with E-state index in [0.717, 1.165) is 5.69 Å². The van der Waals surface area contributed by atoms with Gasteiger partial charge in [-0.25, -0.2) is 4.68 Å². The van der Waals surface area contributed by atoms with Crippen molar-refractivity contribution in [2.24, 2.45) is 0 Å². The number of furan rings is 1. The number of amides is 2. The summed E-state index contributed by atoms with van der Waals surface area (Å²) in [5, 5.41) is 21.1. The summed E-state index contributed by atoms with van der Waals surface area (Å²) in [6.45, 7) is 1.82. The molecular weight excluding hydrogens is 450 g/mol. The molecule has 2 aromatic heterocycles. The SMILES string of the molecule is CC(NC(=O)Cc1cn(-c2ccccc2)nc1-c1ccc([N+](=O)[O-])cc1)C(=O)NCc1ccco1. The van der Waals surface area contributed by atoms with Gasteiger partial charge in [-0.2, -0.15) is 5.10 Å². The van der Waals surface area contributed by atoms with Crippen LogP contribution in [0, 0.1) is 10.1 Å². The van der Waals surface area contributed by atoms with E-state index in [1.54, 1.807) is 42.1 Å². The van der Waals surface area contributed by atoms with Gasteiger partial charge < -0.3 is 15.1 Å². The van der Waals surface area contributed by atoms with Crippen LogP contribution in [-0.2, 0) is 22.6 Å². The molecule has 2 amide bonds. The fourth-order valence-corrected chi connectivity index (χ4v) is 3.51. The monoisotopic (exact) mass is 473 g/mol. The fraction of sp³-hybridized carbons (Fsp3) is 0.160. The van der Waals surface area contributed by atoms with Crippen LogP contribution in [0.15, 0.2) is 83.6 Å². The molecule has 0 radical (unpaired) electrons. The Kier molecular flexibility index (Phi) is 7.01. The van der Waals surface area contributed by atoms with E-state index in [9.17, 15) is 19.7 Å². The normalized spacial score (nSPS) is 11.6. The molecule has 10 nitrogen and oxygen atoms in total. The minimum atomic E-state index is -0.760. The van der Waals surface area contributed by atoms with Gasteiger partial charge in [-0.3, -0.25) is 19.7 Å². The third kappa shape index (κ3) is 5.80. The van der Waals surface area contributed by atoms with E-state index >= 15 is 0 Å². The Morgan fingerprint density at radius 2 is 1.83 bits per heavy atom. The summed E-state index contributed by atoms with van der Waals surface area (Å²) in [5.41, 5.74) is 2.53. The summed E-state index contributed by atoms with van der Waals surface area (Å²) in [5.74, 6) is -0.0929. The van der Waals surface area contributed by atoms with Crippen LogP contribution in [0.25, 0.3) is 16.9 Å². The van der Waals surface area contributed by atoms with Crippen LogP contribution in [0.3, 0.4) is 0 Å². The second-order valence-corrected chi connectivity index (χ2v) is 7.85. The number of hydrogen-bond donors (Lipinski definition) is 2. The summed E-state index contributed by atoms with van der Waals surface area (Å²) in [7, 11) is 0. The van der Waals surface area contributed by atoms with Crippen LogP contribution in [0.1, 0.15) is 18.2 Å². The summed E-state index contributed by atoms with van der Waals surface area (Å²) in [6, 6.07) is 18.1. The Morgan fingerprint density at radius 3 is 2.49 bits per heavy atom. The minimum absolute atomic E-state index is 0.0328. The summed E-state index contributed by atoms with van der Waals surface area (Å²) < 4.78 is 6.84. The molecule has 0 spiro atoms. The third-order valence-corrected chi connectivity index (χ3v) is 5.30. The van der Waals surface area contributed by atoms with Crippen molar-refractivity contribution < 1.29 is 18.9 Å². The smallest absolute Gasteiger partial charge is 0.269 e. The van der Waals surface area contributed by atoms with E-state index in [4.69, 9.17) is 4.42 Å². The van der Waals surface area contributed by atoms with Crippen molar-refractivity contribution in [3.05, 3.63) is 101 Å². The van der Waals surface area contributed by atoms with Crippen molar-refractivity contribution in [1.29, 1.82) is 0 Å². The van der Waals surface area contributed by atoms with Gasteiger partial charge in [0.05, 0.1) is 35.5 Å². The van der Waals surface area contributed by atoms with E-state index in [2.05, 4.69) is 15.7 Å². The van der Waals surface area contributed by atoms with Crippen molar-refractivity contribution in [2.45, 2.75) is 25.9 Å². The second kappa shape index (κ2) is 10.5. The van der Waals surface area contributed by atoms with Crippen LogP contribution >= 0.6 is 0 Å². The molecule has 2 heterocycles. The van der Waals surface area contributed by atoms with Crippen LogP contribution in [0.4, 0.5) is 5.69 Å². The number of carbonyl (C=O) groups is 2. The number of para-hydroxylation sites is 1. The van der Waals surface area contributed by atoms with E-state index in [1.807, 2.05) is 30.3 Å². The molecule has 0 saturated heterocycles. The summed E-state index contributed by atoms with van der Waals surface area (Å²) in [4.78, 5) is 35.7. The quantitative estimate of drug-likeness (QED) is 0.283. The van der Waals surface area contributed by atoms with E-state index in [1.165, 1.54) is 18.4 Å². The van der Waals surface area contributed by atoms with Crippen molar-refractivity contribution in [3.8, 4) is 16.9 Å². The van der Waals surface area contributed by atoms with Gasteiger partial charge in [0.2, 0.25) is 11.8 Å². The molecule has 178 valence electrons. The Labute approximate surface area is 200 Å². The van der Waals surface area contributed by atoms with E-state index in [-0.39, 0.29) is 30.5 Å². The molecule has 2 N–H and O–H groups in total. The van der Waals surface area contributed by atoms with Crippen LogP contribution in [0.5, 0.6) is 0 Å². The van der Waals surface area contributed by atoms with Crippen LogP contribution in [0.2, 0.25) is 0 Å². The first-order chi connectivity index (χ1) is 16.9. The number of non-ortho nitro benzene ring substituents is 1. The highest BCUT2D eigenvalue weighted by atomic mass is 16.6. The van der Waals surface area contributed by atoms with Crippen molar-refractivity contribution >= 4 is 17.5 Å². The number of nitrogens with one attached hydrogen (secondary N) is 2. The molecule has 0 fully saturated rings. The molecule has 4 aromatic rings. The predicted octanol–water partition coefficient (Wildman–Crippen LogP) is 3.40. The second-order valence-electron chi connectivity index (χ2n) is 7.85. The lowest BCUT2D eigenvalue weighted by Gasteiger charge is -2.13. The van der Waals surface area contributed by atoms with E-state index in [0.29, 0.717) is 22.6 Å². The van der Waals surface area contributed by atoms with Gasteiger partial charge in [0, 0.05) is 29.5 Å². The van der Waals surface area contributed by atoms with Gasteiger partial charge in [-0.15, -0.1) is 0 Å². The Hall–Kier alpha value is -4.73. The predicted molar refractivity (Wildman–Crippen MR) is 128 cm³/mol.